The van der Waals surface area contributed by atoms with Gasteiger partial charge in [0.25, 0.3) is 11.8 Å². The van der Waals surface area contributed by atoms with Crippen LogP contribution in [0.5, 0.6) is 5.75 Å². The second-order valence-corrected chi connectivity index (χ2v) is 8.98. The molecule has 10 heteroatoms. The molecule has 3 rings (SSSR count). The van der Waals surface area contributed by atoms with Crippen LogP contribution < -0.4 is 10.1 Å². The maximum Gasteiger partial charge on any atom is 0.257 e. The van der Waals surface area contributed by atoms with Crippen molar-refractivity contribution in [2.75, 3.05) is 52.9 Å². The minimum absolute atomic E-state index is 0.0722. The highest BCUT2D eigenvalue weighted by atomic mass is 16.5. The molecule has 36 heavy (non-hydrogen) atoms. The van der Waals surface area contributed by atoms with Gasteiger partial charge in [0.05, 0.1) is 17.7 Å². The van der Waals surface area contributed by atoms with Crippen molar-refractivity contribution in [2.45, 2.75) is 26.0 Å². The molecule has 3 amide bonds. The molecule has 0 unspecified atom stereocenters. The molecule has 0 saturated carbocycles. The number of methoxy groups -OCH3 is 2. The van der Waals surface area contributed by atoms with Crippen molar-refractivity contribution in [2.24, 2.45) is 5.92 Å². The van der Waals surface area contributed by atoms with E-state index in [-0.39, 0.29) is 49.0 Å². The lowest BCUT2D eigenvalue weighted by Crippen LogP contribution is -2.48. The molecule has 194 valence electrons. The van der Waals surface area contributed by atoms with Gasteiger partial charge >= 0.3 is 0 Å². The molecule has 2 heterocycles. The van der Waals surface area contributed by atoms with Gasteiger partial charge in [-0.2, -0.15) is 0 Å². The number of pyridine rings is 1. The minimum atomic E-state index is -0.334. The lowest BCUT2D eigenvalue weighted by atomic mass is 10.0. The summed E-state index contributed by atoms with van der Waals surface area (Å²) >= 11 is 0. The molecule has 0 radical (unpaired) electrons. The molecule has 0 spiro atoms. The van der Waals surface area contributed by atoms with E-state index in [0.29, 0.717) is 35.7 Å². The number of ether oxygens (including phenoxy) is 3. The van der Waals surface area contributed by atoms with Gasteiger partial charge in [-0.1, -0.05) is 6.92 Å². The van der Waals surface area contributed by atoms with Crippen LogP contribution in [0.2, 0.25) is 0 Å². The zero-order valence-corrected chi connectivity index (χ0v) is 21.4. The molecule has 1 aromatic carbocycles. The molecule has 0 bridgehead atoms. The van der Waals surface area contributed by atoms with E-state index in [1.54, 1.807) is 66.7 Å². The van der Waals surface area contributed by atoms with Crippen LogP contribution in [0.1, 0.15) is 34.6 Å². The van der Waals surface area contributed by atoms with Crippen molar-refractivity contribution in [3.8, 4) is 5.75 Å². The summed E-state index contributed by atoms with van der Waals surface area (Å²) in [5, 5.41) is 2.72. The van der Waals surface area contributed by atoms with Crippen LogP contribution in [0.25, 0.3) is 0 Å². The smallest absolute Gasteiger partial charge is 0.257 e. The standard InChI is InChI=1S/C26H34N4O6/c1-17-13-30(25(32)19-8-10-27-11-9-19)18(2)15-36-22-7-6-20(28-24(31)16-34-4)12-21(22)26(33)29(3)14-23(17)35-5/h6-12,17-18,23H,13-16H2,1-5H3,(H,28,31)/t17-,18+,23+/m0/s1. The van der Waals surface area contributed by atoms with E-state index in [4.69, 9.17) is 14.2 Å². The van der Waals surface area contributed by atoms with E-state index >= 15 is 0 Å². The Kier molecular flexibility index (Phi) is 9.38. The van der Waals surface area contributed by atoms with Crippen molar-refractivity contribution in [3.63, 3.8) is 0 Å². The number of benzene rings is 1. The minimum Gasteiger partial charge on any atom is -0.491 e. The average molecular weight is 499 g/mol. The summed E-state index contributed by atoms with van der Waals surface area (Å²) in [6.45, 7) is 4.70. The van der Waals surface area contributed by atoms with Crippen molar-refractivity contribution >= 4 is 23.4 Å². The summed E-state index contributed by atoms with van der Waals surface area (Å²) in [4.78, 5) is 46.2. The largest absolute Gasteiger partial charge is 0.491 e. The lowest BCUT2D eigenvalue weighted by Gasteiger charge is -2.36. The molecule has 1 N–H and O–H groups in total. The predicted octanol–water partition coefficient (Wildman–Crippen LogP) is 2.31. The number of hydrogen-bond donors (Lipinski definition) is 1. The zero-order valence-electron chi connectivity index (χ0n) is 21.4. The van der Waals surface area contributed by atoms with Gasteiger partial charge in [0.1, 0.15) is 19.0 Å². The first-order chi connectivity index (χ1) is 17.2. The van der Waals surface area contributed by atoms with Crippen LogP contribution in [-0.4, -0.2) is 92.2 Å². The maximum absolute atomic E-state index is 13.4. The van der Waals surface area contributed by atoms with Crippen LogP contribution in [0.15, 0.2) is 42.7 Å². The molecule has 10 nitrogen and oxygen atoms in total. The number of hydrogen-bond acceptors (Lipinski definition) is 7. The number of fused-ring (bicyclic) bond motifs is 1. The maximum atomic E-state index is 13.4. The molecule has 1 aromatic heterocycles. The van der Waals surface area contributed by atoms with E-state index < -0.39 is 0 Å². The lowest BCUT2D eigenvalue weighted by molar-refractivity contribution is -0.119. The molecule has 0 saturated heterocycles. The Bertz CT molecular complexity index is 1060. The Morgan fingerprint density at radius 1 is 1.14 bits per heavy atom. The van der Waals surface area contributed by atoms with Crippen molar-refractivity contribution in [3.05, 3.63) is 53.9 Å². The number of nitrogens with one attached hydrogen (secondary N) is 1. The van der Waals surface area contributed by atoms with E-state index in [1.165, 1.54) is 7.11 Å². The zero-order chi connectivity index (χ0) is 26.2. The molecular weight excluding hydrogens is 464 g/mol. The molecular formula is C26H34N4O6. The Balaban J connectivity index is 1.96. The second kappa shape index (κ2) is 12.5. The van der Waals surface area contributed by atoms with Crippen LogP contribution in [-0.2, 0) is 14.3 Å². The number of likely N-dealkylation sites (N-methyl/N-ethyl adjacent to an activating group) is 1. The Morgan fingerprint density at radius 3 is 2.53 bits per heavy atom. The van der Waals surface area contributed by atoms with Gasteiger partial charge in [0.2, 0.25) is 5.91 Å². The number of carbonyl (C=O) groups excluding carboxylic acids is 3. The number of aromatic nitrogens is 1. The molecule has 3 atom stereocenters. The molecule has 2 aromatic rings. The van der Waals surface area contributed by atoms with Gasteiger partial charge < -0.3 is 29.3 Å². The van der Waals surface area contributed by atoms with E-state index in [9.17, 15) is 14.4 Å². The molecule has 0 fully saturated rings. The summed E-state index contributed by atoms with van der Waals surface area (Å²) in [6.07, 6.45) is 2.87. The van der Waals surface area contributed by atoms with Crippen LogP contribution in [0.3, 0.4) is 0 Å². The number of carbonyl (C=O) groups is 3. The van der Waals surface area contributed by atoms with Gasteiger partial charge in [0.15, 0.2) is 0 Å². The topological polar surface area (TPSA) is 110 Å². The summed E-state index contributed by atoms with van der Waals surface area (Å²) < 4.78 is 16.7. The summed E-state index contributed by atoms with van der Waals surface area (Å²) in [5.74, 6) is -0.438. The Labute approximate surface area is 211 Å². The third-order valence-corrected chi connectivity index (χ3v) is 6.19. The SMILES string of the molecule is COCC(=O)Nc1ccc2c(c1)C(=O)N(C)C[C@@H](OC)[C@@H](C)CN(C(=O)c1ccncc1)[C@H](C)CO2. The quantitative estimate of drug-likeness (QED) is 0.674. The fraction of sp³-hybridized carbons (Fsp3) is 0.462. The van der Waals surface area contributed by atoms with Crippen molar-refractivity contribution in [1.29, 1.82) is 0 Å². The normalized spacial score (nSPS) is 21.0. The van der Waals surface area contributed by atoms with Crippen LogP contribution in [0.4, 0.5) is 5.69 Å². The first kappa shape index (κ1) is 27.1. The van der Waals surface area contributed by atoms with Gasteiger partial charge in [-0.25, -0.2) is 0 Å². The first-order valence-electron chi connectivity index (χ1n) is 11.8. The number of nitrogens with zero attached hydrogens (tertiary/aromatic N) is 3. The summed E-state index contributed by atoms with van der Waals surface area (Å²) in [6, 6.07) is 7.97. The fourth-order valence-corrected chi connectivity index (χ4v) is 4.13. The highest BCUT2D eigenvalue weighted by Gasteiger charge is 2.31. The first-order valence-corrected chi connectivity index (χ1v) is 11.8. The van der Waals surface area contributed by atoms with E-state index in [2.05, 4.69) is 10.3 Å². The van der Waals surface area contributed by atoms with Gasteiger partial charge in [-0.3, -0.25) is 19.4 Å². The van der Waals surface area contributed by atoms with Crippen LogP contribution >= 0.6 is 0 Å². The molecule has 1 aliphatic heterocycles. The van der Waals surface area contributed by atoms with Crippen molar-refractivity contribution in [1.82, 2.24) is 14.8 Å². The molecule has 0 aliphatic carbocycles. The monoisotopic (exact) mass is 498 g/mol. The van der Waals surface area contributed by atoms with E-state index in [1.807, 2.05) is 13.8 Å². The van der Waals surface area contributed by atoms with Crippen molar-refractivity contribution < 1.29 is 28.6 Å². The average Bonchev–Trinajstić information content (AvgIpc) is 2.88. The number of anilines is 1. The van der Waals surface area contributed by atoms with Crippen LogP contribution in [0, 0.1) is 5.92 Å². The third kappa shape index (κ3) is 6.58. The number of rotatable bonds is 5. The number of amides is 3. The Morgan fingerprint density at radius 2 is 1.86 bits per heavy atom. The Hall–Kier alpha value is -3.50. The third-order valence-electron chi connectivity index (χ3n) is 6.19. The predicted molar refractivity (Wildman–Crippen MR) is 134 cm³/mol. The summed E-state index contributed by atoms with van der Waals surface area (Å²) in [7, 11) is 4.72. The highest BCUT2D eigenvalue weighted by molar-refractivity contribution is 5.99. The molecule has 1 aliphatic rings. The van der Waals surface area contributed by atoms with Gasteiger partial charge in [-0.15, -0.1) is 0 Å². The van der Waals surface area contributed by atoms with E-state index in [0.717, 1.165) is 0 Å². The van der Waals surface area contributed by atoms with Gasteiger partial charge in [0, 0.05) is 63.9 Å². The fourth-order valence-electron chi connectivity index (χ4n) is 4.13. The second-order valence-electron chi connectivity index (χ2n) is 8.98. The summed E-state index contributed by atoms with van der Waals surface area (Å²) in [5.41, 5.74) is 1.29. The highest BCUT2D eigenvalue weighted by Crippen LogP contribution is 2.27. The van der Waals surface area contributed by atoms with Gasteiger partial charge in [-0.05, 0) is 37.3 Å².